The van der Waals surface area contributed by atoms with E-state index in [1.54, 1.807) is 0 Å². The highest BCUT2D eigenvalue weighted by molar-refractivity contribution is 6.71. The third kappa shape index (κ3) is 9.96. The van der Waals surface area contributed by atoms with E-state index in [0.717, 1.165) is 5.75 Å². The molecule has 24 heavy (non-hydrogen) atoms. The monoisotopic (exact) mass is 388 g/mol. The smallest absolute Gasteiger partial charge is 0.245 e. The van der Waals surface area contributed by atoms with Crippen molar-refractivity contribution in [1.82, 2.24) is 0 Å². The van der Waals surface area contributed by atoms with Gasteiger partial charge in [-0.1, -0.05) is 94.3 Å². The molecule has 0 aliphatic carbocycles. The Bertz CT molecular complexity index is 463. The highest BCUT2D eigenvalue weighted by Crippen LogP contribution is 2.29. The van der Waals surface area contributed by atoms with Crippen LogP contribution in [0.5, 0.6) is 5.75 Å². The summed E-state index contributed by atoms with van der Waals surface area (Å²) < 4.78 is 6.22. The molecule has 4 heteroatoms. The van der Waals surface area contributed by atoms with Crippen molar-refractivity contribution >= 4 is 31.5 Å². The lowest BCUT2D eigenvalue weighted by Gasteiger charge is -2.24. The van der Waals surface area contributed by atoms with Gasteiger partial charge in [-0.15, -0.1) is 0 Å². The molecular formula is C20H34Cl2OSi. The Balaban J connectivity index is 2.11. The third-order valence-corrected chi connectivity index (χ3v) is 7.50. The minimum atomic E-state index is -1.68. The first-order valence-corrected chi connectivity index (χ1v) is 13.5. The van der Waals surface area contributed by atoms with Crippen LogP contribution in [0.4, 0.5) is 0 Å². The van der Waals surface area contributed by atoms with E-state index < -0.39 is 8.32 Å². The molecule has 138 valence electrons. The highest BCUT2D eigenvalue weighted by Gasteiger charge is 2.23. The quantitative estimate of drug-likeness (QED) is 0.243. The summed E-state index contributed by atoms with van der Waals surface area (Å²) in [4.78, 5) is 0. The topological polar surface area (TPSA) is 9.23 Å². The molecule has 0 spiro atoms. The van der Waals surface area contributed by atoms with Gasteiger partial charge in [0.25, 0.3) is 0 Å². The summed E-state index contributed by atoms with van der Waals surface area (Å²) in [6.45, 7) is 6.84. The van der Waals surface area contributed by atoms with Crippen molar-refractivity contribution in [3.8, 4) is 5.75 Å². The summed E-state index contributed by atoms with van der Waals surface area (Å²) in [6, 6.07) is 6.76. The lowest BCUT2D eigenvalue weighted by atomic mass is 10.1. The predicted octanol–water partition coefficient (Wildman–Crippen LogP) is 8.50. The molecule has 1 aromatic rings. The second-order valence-corrected chi connectivity index (χ2v) is 12.4. The van der Waals surface area contributed by atoms with Crippen LogP contribution in [0.25, 0.3) is 0 Å². The normalized spacial score (nSPS) is 11.7. The number of hydrogen-bond acceptors (Lipinski definition) is 1. The first kappa shape index (κ1) is 21.9. The van der Waals surface area contributed by atoms with Gasteiger partial charge in [0.1, 0.15) is 5.75 Å². The standard InChI is InChI=1S/C20H34Cl2OSi/c1-4-5-6-7-8-9-10-11-12-13-16-24(2,3)23-18-14-15-19(21)20(22)17-18/h14-15,17H,4-13,16H2,1-3H3. The van der Waals surface area contributed by atoms with Crippen LogP contribution in [0.3, 0.4) is 0 Å². The molecule has 1 aromatic carbocycles. The van der Waals surface area contributed by atoms with Gasteiger partial charge < -0.3 is 4.43 Å². The maximum atomic E-state index is 6.22. The van der Waals surface area contributed by atoms with E-state index in [1.807, 2.05) is 18.2 Å². The molecule has 0 amide bonds. The van der Waals surface area contributed by atoms with Crippen molar-refractivity contribution < 1.29 is 4.43 Å². The van der Waals surface area contributed by atoms with Gasteiger partial charge in [-0.2, -0.15) is 0 Å². The van der Waals surface area contributed by atoms with Crippen LogP contribution in [-0.4, -0.2) is 8.32 Å². The van der Waals surface area contributed by atoms with E-state index in [9.17, 15) is 0 Å². The average Bonchev–Trinajstić information content (AvgIpc) is 2.52. The molecule has 0 radical (unpaired) electrons. The van der Waals surface area contributed by atoms with Crippen LogP contribution in [0.15, 0.2) is 18.2 Å². The summed E-state index contributed by atoms with van der Waals surface area (Å²) >= 11 is 12.0. The van der Waals surface area contributed by atoms with Gasteiger partial charge in [-0.05, 0) is 37.3 Å². The molecular weight excluding hydrogens is 355 g/mol. The lowest BCUT2D eigenvalue weighted by molar-refractivity contribution is 0.531. The predicted molar refractivity (Wildman–Crippen MR) is 111 cm³/mol. The fraction of sp³-hybridized carbons (Fsp3) is 0.700. The van der Waals surface area contributed by atoms with Gasteiger partial charge in [-0.25, -0.2) is 0 Å². The van der Waals surface area contributed by atoms with Gasteiger partial charge >= 0.3 is 0 Å². The molecule has 1 nitrogen and oxygen atoms in total. The molecule has 0 bridgehead atoms. The Kier molecular flexibility index (Phi) is 11.1. The van der Waals surface area contributed by atoms with Crippen molar-refractivity contribution in [2.24, 2.45) is 0 Å². The van der Waals surface area contributed by atoms with E-state index in [-0.39, 0.29) is 0 Å². The molecule has 0 fully saturated rings. The van der Waals surface area contributed by atoms with Crippen molar-refractivity contribution in [1.29, 1.82) is 0 Å². The molecule has 0 saturated heterocycles. The second-order valence-electron chi connectivity index (χ2n) is 7.37. The van der Waals surface area contributed by atoms with Gasteiger partial charge in [0.2, 0.25) is 8.32 Å². The van der Waals surface area contributed by atoms with Crippen LogP contribution < -0.4 is 4.43 Å². The van der Waals surface area contributed by atoms with Gasteiger partial charge in [0.15, 0.2) is 0 Å². The Hall–Kier alpha value is -0.183. The van der Waals surface area contributed by atoms with Gasteiger partial charge in [0.05, 0.1) is 10.0 Å². The first-order valence-electron chi connectivity index (χ1n) is 9.58. The molecule has 0 heterocycles. The van der Waals surface area contributed by atoms with E-state index in [4.69, 9.17) is 27.6 Å². The Morgan fingerprint density at radius 2 is 1.33 bits per heavy atom. The summed E-state index contributed by atoms with van der Waals surface area (Å²) in [5, 5.41) is 1.15. The molecule has 0 atom stereocenters. The SMILES string of the molecule is CCCCCCCCCCCC[Si](C)(C)Oc1ccc(Cl)c(Cl)c1. The molecule has 0 saturated carbocycles. The van der Waals surface area contributed by atoms with Crippen LogP contribution in [0.1, 0.15) is 71.1 Å². The lowest BCUT2D eigenvalue weighted by Crippen LogP contribution is -2.33. The van der Waals surface area contributed by atoms with E-state index in [0.29, 0.717) is 10.0 Å². The zero-order valence-corrected chi connectivity index (χ0v) is 18.2. The maximum Gasteiger partial charge on any atom is 0.245 e. The van der Waals surface area contributed by atoms with Crippen LogP contribution in [-0.2, 0) is 0 Å². The highest BCUT2D eigenvalue weighted by atomic mass is 35.5. The molecule has 0 unspecified atom stereocenters. The number of rotatable bonds is 13. The molecule has 0 aromatic heterocycles. The third-order valence-electron chi connectivity index (χ3n) is 4.42. The maximum absolute atomic E-state index is 6.22. The van der Waals surface area contributed by atoms with Crippen LogP contribution >= 0.6 is 23.2 Å². The van der Waals surface area contributed by atoms with Crippen molar-refractivity contribution in [3.63, 3.8) is 0 Å². The summed E-state index contributed by atoms with van der Waals surface area (Å²) in [7, 11) is -1.68. The molecule has 0 N–H and O–H groups in total. The summed E-state index contributed by atoms with van der Waals surface area (Å²) in [6.07, 6.45) is 13.8. The van der Waals surface area contributed by atoms with E-state index >= 15 is 0 Å². The number of benzene rings is 1. The van der Waals surface area contributed by atoms with E-state index in [1.165, 1.54) is 70.3 Å². The van der Waals surface area contributed by atoms with Crippen molar-refractivity contribution in [3.05, 3.63) is 28.2 Å². The van der Waals surface area contributed by atoms with Crippen molar-refractivity contribution in [2.75, 3.05) is 0 Å². The molecule has 0 aliphatic heterocycles. The Morgan fingerprint density at radius 3 is 1.88 bits per heavy atom. The molecule has 0 aliphatic rings. The number of hydrogen-bond donors (Lipinski definition) is 0. The van der Waals surface area contributed by atoms with Crippen molar-refractivity contribution in [2.45, 2.75) is 90.3 Å². The summed E-state index contributed by atoms with van der Waals surface area (Å²) in [5.74, 6) is 0.855. The van der Waals surface area contributed by atoms with Crippen LogP contribution in [0.2, 0.25) is 29.2 Å². The minimum absolute atomic E-state index is 0.568. The first-order chi connectivity index (χ1) is 11.4. The number of unbranched alkanes of at least 4 members (excludes halogenated alkanes) is 9. The molecule has 1 rings (SSSR count). The average molecular weight is 389 g/mol. The number of halogens is 2. The largest absolute Gasteiger partial charge is 0.544 e. The van der Waals surface area contributed by atoms with Crippen LogP contribution in [0, 0.1) is 0 Å². The van der Waals surface area contributed by atoms with Gasteiger partial charge in [-0.3, -0.25) is 0 Å². The minimum Gasteiger partial charge on any atom is -0.544 e. The van der Waals surface area contributed by atoms with E-state index in [2.05, 4.69) is 20.0 Å². The fourth-order valence-electron chi connectivity index (χ4n) is 2.95. The Labute approximate surface area is 160 Å². The fourth-order valence-corrected chi connectivity index (χ4v) is 5.21. The van der Waals surface area contributed by atoms with Gasteiger partial charge in [0, 0.05) is 0 Å². The summed E-state index contributed by atoms with van der Waals surface area (Å²) in [5.41, 5.74) is 0. The second kappa shape index (κ2) is 12.2. The Morgan fingerprint density at radius 1 is 0.792 bits per heavy atom. The zero-order chi connectivity index (χ0) is 17.8. The zero-order valence-electron chi connectivity index (χ0n) is 15.7.